The first-order valence-electron chi connectivity index (χ1n) is 6.45. The molecule has 6 heteroatoms. The number of nitrogens with two attached hydrogens (primary N) is 1. The van der Waals surface area contributed by atoms with Crippen LogP contribution in [-0.2, 0) is 4.79 Å². The fraction of sp³-hybridized carbons (Fsp3) is 0.429. The maximum absolute atomic E-state index is 11.9. The number of nitrogen functional groups attached to an aromatic ring is 1. The van der Waals surface area contributed by atoms with Crippen LogP contribution in [0.5, 0.6) is 0 Å². The Morgan fingerprint density at radius 2 is 1.90 bits per heavy atom. The number of nitrogens with one attached hydrogen (secondary N) is 1. The molecule has 0 aliphatic rings. The van der Waals surface area contributed by atoms with E-state index in [1.165, 1.54) is 4.90 Å². The lowest BCUT2D eigenvalue weighted by atomic mass is 10.1. The normalized spacial score (nSPS) is 10.0. The maximum atomic E-state index is 11.9. The van der Waals surface area contributed by atoms with Gasteiger partial charge in [0.15, 0.2) is 0 Å². The molecule has 0 fully saturated rings. The number of carbonyl (C=O) groups excluding carboxylic acids is 2. The molecular weight excluding hydrogens is 256 g/mol. The van der Waals surface area contributed by atoms with E-state index in [0.717, 1.165) is 0 Å². The molecule has 1 rings (SSSR count). The van der Waals surface area contributed by atoms with E-state index in [9.17, 15) is 9.59 Å². The number of benzene rings is 1. The summed E-state index contributed by atoms with van der Waals surface area (Å²) >= 11 is 0. The van der Waals surface area contributed by atoms with Crippen LogP contribution >= 0.6 is 0 Å². The lowest BCUT2D eigenvalue weighted by Gasteiger charge is -2.17. The van der Waals surface area contributed by atoms with Gasteiger partial charge in [0.1, 0.15) is 0 Å². The Morgan fingerprint density at radius 1 is 1.25 bits per heavy atom. The van der Waals surface area contributed by atoms with Gasteiger partial charge in [-0.2, -0.15) is 0 Å². The van der Waals surface area contributed by atoms with Crippen LogP contribution in [0.25, 0.3) is 0 Å². The zero-order chi connectivity index (χ0) is 15.3. The van der Waals surface area contributed by atoms with Gasteiger partial charge in [-0.1, -0.05) is 0 Å². The predicted molar refractivity (Wildman–Crippen MR) is 80.7 cm³/mol. The zero-order valence-corrected chi connectivity index (χ0v) is 12.4. The molecule has 3 N–H and O–H groups in total. The number of hydrogen-bond acceptors (Lipinski definition) is 4. The van der Waals surface area contributed by atoms with Crippen molar-refractivity contribution in [1.82, 2.24) is 9.80 Å². The third kappa shape index (κ3) is 3.88. The first-order valence-corrected chi connectivity index (χ1v) is 6.45. The second kappa shape index (κ2) is 6.79. The van der Waals surface area contributed by atoms with Gasteiger partial charge in [0.25, 0.3) is 5.91 Å². The molecule has 110 valence electrons. The van der Waals surface area contributed by atoms with Gasteiger partial charge in [-0.15, -0.1) is 0 Å². The molecule has 0 radical (unpaired) electrons. The summed E-state index contributed by atoms with van der Waals surface area (Å²) in [6.07, 6.45) is 0. The molecule has 0 aromatic heterocycles. The Balaban J connectivity index is 2.82. The Hall–Kier alpha value is -2.24. The van der Waals surface area contributed by atoms with Gasteiger partial charge in [-0.3, -0.25) is 9.59 Å². The summed E-state index contributed by atoms with van der Waals surface area (Å²) in [6.45, 7) is 2.70. The number of nitrogens with zero attached hydrogens (tertiary/aromatic N) is 2. The SMILES string of the molecule is CCN(C)C(=O)CNc1cc(C(=O)N(C)C)ccc1N. The predicted octanol–water partition coefficient (Wildman–Crippen LogP) is 0.861. The summed E-state index contributed by atoms with van der Waals surface area (Å²) in [5.41, 5.74) is 7.48. The number of likely N-dealkylation sites (N-methyl/N-ethyl adjacent to an activating group) is 1. The molecule has 6 nitrogen and oxygen atoms in total. The van der Waals surface area contributed by atoms with Crippen LogP contribution in [-0.4, -0.2) is 55.8 Å². The smallest absolute Gasteiger partial charge is 0.253 e. The minimum absolute atomic E-state index is 0.0313. The van der Waals surface area contributed by atoms with E-state index in [2.05, 4.69) is 5.32 Å². The molecule has 1 aromatic rings. The van der Waals surface area contributed by atoms with Crippen molar-refractivity contribution in [2.24, 2.45) is 0 Å². The van der Waals surface area contributed by atoms with Crippen molar-refractivity contribution in [3.8, 4) is 0 Å². The van der Waals surface area contributed by atoms with Gasteiger partial charge in [-0.25, -0.2) is 0 Å². The molecule has 0 unspecified atom stereocenters. The number of rotatable bonds is 5. The molecule has 0 spiro atoms. The standard InChI is InChI=1S/C14H22N4O2/c1-5-18(4)13(19)9-16-12-8-10(6-7-11(12)15)14(20)17(2)3/h6-8,16H,5,9,15H2,1-4H3. The van der Waals surface area contributed by atoms with Crippen LogP contribution < -0.4 is 11.1 Å². The lowest BCUT2D eigenvalue weighted by Crippen LogP contribution is -2.32. The van der Waals surface area contributed by atoms with E-state index in [1.54, 1.807) is 44.2 Å². The molecule has 0 atom stereocenters. The van der Waals surface area contributed by atoms with Crippen molar-refractivity contribution in [1.29, 1.82) is 0 Å². The van der Waals surface area contributed by atoms with Gasteiger partial charge >= 0.3 is 0 Å². The second-order valence-electron chi connectivity index (χ2n) is 4.76. The highest BCUT2D eigenvalue weighted by Crippen LogP contribution is 2.20. The number of anilines is 2. The van der Waals surface area contributed by atoms with Gasteiger partial charge in [-0.05, 0) is 25.1 Å². The summed E-state index contributed by atoms with van der Waals surface area (Å²) in [4.78, 5) is 26.7. The average Bonchev–Trinajstić information content (AvgIpc) is 2.44. The van der Waals surface area contributed by atoms with Gasteiger partial charge < -0.3 is 20.9 Å². The fourth-order valence-electron chi connectivity index (χ4n) is 1.58. The largest absolute Gasteiger partial charge is 0.397 e. The number of hydrogen-bond donors (Lipinski definition) is 2. The van der Waals surface area contributed by atoms with Crippen LogP contribution in [0, 0.1) is 0 Å². The van der Waals surface area contributed by atoms with Gasteiger partial charge in [0, 0.05) is 33.3 Å². The van der Waals surface area contributed by atoms with E-state index in [4.69, 9.17) is 5.73 Å². The second-order valence-corrected chi connectivity index (χ2v) is 4.76. The average molecular weight is 278 g/mol. The van der Waals surface area contributed by atoms with Crippen LogP contribution in [0.15, 0.2) is 18.2 Å². The van der Waals surface area contributed by atoms with Crippen LogP contribution in [0.1, 0.15) is 17.3 Å². The van der Waals surface area contributed by atoms with Crippen molar-refractivity contribution < 1.29 is 9.59 Å². The Kier molecular flexibility index (Phi) is 5.37. The molecule has 0 aliphatic heterocycles. The summed E-state index contributed by atoms with van der Waals surface area (Å²) < 4.78 is 0. The highest BCUT2D eigenvalue weighted by molar-refractivity contribution is 5.96. The molecule has 0 heterocycles. The lowest BCUT2D eigenvalue weighted by molar-refractivity contribution is -0.127. The monoisotopic (exact) mass is 278 g/mol. The minimum atomic E-state index is -0.106. The fourth-order valence-corrected chi connectivity index (χ4v) is 1.58. The van der Waals surface area contributed by atoms with E-state index in [1.807, 2.05) is 6.92 Å². The Labute approximate surface area is 119 Å². The molecule has 0 saturated carbocycles. The van der Waals surface area contributed by atoms with Crippen LogP contribution in [0.3, 0.4) is 0 Å². The summed E-state index contributed by atoms with van der Waals surface area (Å²) in [5.74, 6) is -0.138. The van der Waals surface area contributed by atoms with E-state index < -0.39 is 0 Å². The molecule has 0 saturated heterocycles. The molecular formula is C14H22N4O2. The number of carbonyl (C=O) groups is 2. The van der Waals surface area contributed by atoms with E-state index in [0.29, 0.717) is 23.5 Å². The molecule has 1 aromatic carbocycles. The van der Waals surface area contributed by atoms with Crippen molar-refractivity contribution in [3.63, 3.8) is 0 Å². The summed E-state index contributed by atoms with van der Waals surface area (Å²) in [7, 11) is 5.11. The van der Waals surface area contributed by atoms with E-state index >= 15 is 0 Å². The van der Waals surface area contributed by atoms with Gasteiger partial charge in [0.05, 0.1) is 17.9 Å². The highest BCUT2D eigenvalue weighted by atomic mass is 16.2. The minimum Gasteiger partial charge on any atom is -0.397 e. The first kappa shape index (κ1) is 15.8. The Morgan fingerprint density at radius 3 is 2.45 bits per heavy atom. The van der Waals surface area contributed by atoms with Crippen LogP contribution in [0.4, 0.5) is 11.4 Å². The summed E-state index contributed by atoms with van der Waals surface area (Å²) in [6, 6.07) is 4.99. The van der Waals surface area contributed by atoms with Crippen molar-refractivity contribution >= 4 is 23.2 Å². The first-order chi connectivity index (χ1) is 9.36. The maximum Gasteiger partial charge on any atom is 0.253 e. The quantitative estimate of drug-likeness (QED) is 0.783. The third-order valence-electron chi connectivity index (χ3n) is 3.04. The highest BCUT2D eigenvalue weighted by Gasteiger charge is 2.11. The number of amides is 2. The Bertz CT molecular complexity index is 500. The molecule has 0 bridgehead atoms. The molecule has 2 amide bonds. The molecule has 20 heavy (non-hydrogen) atoms. The third-order valence-corrected chi connectivity index (χ3v) is 3.04. The van der Waals surface area contributed by atoms with Crippen molar-refractivity contribution in [2.45, 2.75) is 6.92 Å². The zero-order valence-electron chi connectivity index (χ0n) is 12.4. The molecule has 0 aliphatic carbocycles. The van der Waals surface area contributed by atoms with Crippen LogP contribution in [0.2, 0.25) is 0 Å². The topological polar surface area (TPSA) is 78.7 Å². The van der Waals surface area contributed by atoms with E-state index in [-0.39, 0.29) is 18.4 Å². The van der Waals surface area contributed by atoms with Crippen molar-refractivity contribution in [2.75, 3.05) is 45.3 Å². The van der Waals surface area contributed by atoms with Gasteiger partial charge in [0.2, 0.25) is 5.91 Å². The van der Waals surface area contributed by atoms with Crippen molar-refractivity contribution in [3.05, 3.63) is 23.8 Å². The summed E-state index contributed by atoms with van der Waals surface area (Å²) in [5, 5.41) is 2.98.